The average Bonchev–Trinajstić information content (AvgIpc) is 3.09. The zero-order valence-electron chi connectivity index (χ0n) is 17.4. The zero-order chi connectivity index (χ0) is 22.1. The van der Waals surface area contributed by atoms with E-state index >= 15 is 0 Å². The summed E-state index contributed by atoms with van der Waals surface area (Å²) in [7, 11) is 3.65. The maximum atomic E-state index is 12.9. The molecule has 2 heterocycles. The molecule has 0 spiro atoms. The fourth-order valence-corrected chi connectivity index (χ4v) is 4.34. The fourth-order valence-electron chi connectivity index (χ4n) is 4.34. The molecule has 1 aliphatic heterocycles. The molecule has 1 aromatic heterocycles. The van der Waals surface area contributed by atoms with E-state index in [9.17, 15) is 20.2 Å². The first-order valence-electron chi connectivity index (χ1n) is 10.2. The molecule has 0 radical (unpaired) electrons. The first-order valence-corrected chi connectivity index (χ1v) is 10.2. The molecular weight excluding hydrogens is 398 g/mol. The molecular formula is C21H23N7O3. The Balaban J connectivity index is 1.47. The lowest BCUT2D eigenvalue weighted by atomic mass is 9.90. The molecule has 1 fully saturated rings. The van der Waals surface area contributed by atoms with Gasteiger partial charge >= 0.3 is 0 Å². The average molecular weight is 421 g/mol. The molecule has 2 aromatic rings. The quantitative estimate of drug-likeness (QED) is 0.576. The van der Waals surface area contributed by atoms with Gasteiger partial charge in [-0.15, -0.1) is 0 Å². The van der Waals surface area contributed by atoms with E-state index in [1.165, 1.54) is 18.3 Å². The number of amides is 1. The van der Waals surface area contributed by atoms with E-state index < -0.39 is 4.92 Å². The minimum atomic E-state index is -0.476. The molecule has 160 valence electrons. The van der Waals surface area contributed by atoms with E-state index in [0.717, 1.165) is 31.2 Å². The molecule has 10 nitrogen and oxygen atoms in total. The molecule has 31 heavy (non-hydrogen) atoms. The molecule has 4 rings (SSSR count). The number of hydrogen-bond acceptors (Lipinski definition) is 8. The molecule has 10 heteroatoms. The third-order valence-electron chi connectivity index (χ3n) is 5.87. The van der Waals surface area contributed by atoms with Gasteiger partial charge in [0.25, 0.3) is 11.6 Å². The second-order valence-corrected chi connectivity index (χ2v) is 8.13. The Labute approximate surface area is 179 Å². The standard InChI is InChI=1S/C21H23N7O3/c1-26(2)19-14(10-22)11-23-21(25-19)24-15-4-3-5-16(8-15)27-12-13-6-7-17(28(30)31)9-18(13)20(27)29/h6-7,9,11,15-16H,3-5,8,12H2,1-2H3,(H,23,24,25)/t15-,16+/m1/s1. The summed E-state index contributed by atoms with van der Waals surface area (Å²) in [5.41, 5.74) is 1.60. The number of nitrogens with zero attached hydrogens (tertiary/aromatic N) is 6. The van der Waals surface area contributed by atoms with Crippen molar-refractivity contribution in [2.75, 3.05) is 24.3 Å². The summed E-state index contributed by atoms with van der Waals surface area (Å²) in [6, 6.07) is 6.73. The Bertz CT molecular complexity index is 1080. The van der Waals surface area contributed by atoms with Crippen LogP contribution >= 0.6 is 0 Å². The van der Waals surface area contributed by atoms with Gasteiger partial charge in [-0.1, -0.05) is 0 Å². The van der Waals surface area contributed by atoms with E-state index in [4.69, 9.17) is 0 Å². The predicted octanol–water partition coefficient (Wildman–Crippen LogP) is 2.70. The first-order chi connectivity index (χ1) is 14.9. The van der Waals surface area contributed by atoms with E-state index in [0.29, 0.717) is 29.4 Å². The van der Waals surface area contributed by atoms with Crippen molar-refractivity contribution in [1.29, 1.82) is 5.26 Å². The van der Waals surface area contributed by atoms with Crippen LogP contribution in [0.3, 0.4) is 0 Å². The van der Waals surface area contributed by atoms with Crippen molar-refractivity contribution in [3.05, 3.63) is 51.2 Å². The molecule has 0 saturated heterocycles. The topological polar surface area (TPSA) is 128 Å². The number of nitriles is 1. The van der Waals surface area contributed by atoms with Gasteiger partial charge < -0.3 is 15.1 Å². The highest BCUT2D eigenvalue weighted by Crippen LogP contribution is 2.33. The smallest absolute Gasteiger partial charge is 0.270 e. The third kappa shape index (κ3) is 3.99. The van der Waals surface area contributed by atoms with Crippen molar-refractivity contribution >= 4 is 23.4 Å². The van der Waals surface area contributed by atoms with Crippen LogP contribution in [0.5, 0.6) is 0 Å². The molecule has 1 N–H and O–H groups in total. The maximum Gasteiger partial charge on any atom is 0.270 e. The molecule has 1 saturated carbocycles. The predicted molar refractivity (Wildman–Crippen MR) is 114 cm³/mol. The van der Waals surface area contributed by atoms with Crippen LogP contribution in [0.4, 0.5) is 17.5 Å². The van der Waals surface area contributed by atoms with Gasteiger partial charge in [-0.3, -0.25) is 14.9 Å². The normalized spacial score (nSPS) is 20.2. The minimum absolute atomic E-state index is 0.0388. The SMILES string of the molecule is CN(C)c1nc(N[C@@H]2CCC[C@H](N3Cc4ccc([N+](=O)[O-])cc4C3=O)C2)ncc1C#N. The number of carbonyl (C=O) groups excluding carboxylic acids is 1. The second-order valence-electron chi connectivity index (χ2n) is 8.13. The van der Waals surface area contributed by atoms with E-state index in [1.807, 2.05) is 19.0 Å². The van der Waals surface area contributed by atoms with Crippen molar-refractivity contribution < 1.29 is 9.72 Å². The summed E-state index contributed by atoms with van der Waals surface area (Å²) in [4.78, 5) is 35.9. The van der Waals surface area contributed by atoms with Gasteiger partial charge in [0.15, 0.2) is 5.82 Å². The molecule has 1 amide bonds. The van der Waals surface area contributed by atoms with Crippen LogP contribution in [0, 0.1) is 21.4 Å². The number of carbonyl (C=O) groups is 1. The molecule has 2 atom stereocenters. The second kappa shape index (κ2) is 8.18. The number of nitrogens with one attached hydrogen (secondary N) is 1. The third-order valence-corrected chi connectivity index (χ3v) is 5.87. The Kier molecular flexibility index (Phi) is 5.42. The summed E-state index contributed by atoms with van der Waals surface area (Å²) in [5, 5.41) is 23.6. The van der Waals surface area contributed by atoms with Crippen LogP contribution in [-0.4, -0.2) is 51.9 Å². The number of non-ortho nitro benzene ring substituents is 1. The highest BCUT2D eigenvalue weighted by molar-refractivity contribution is 5.99. The number of benzene rings is 1. The summed E-state index contributed by atoms with van der Waals surface area (Å²) in [6.45, 7) is 0.474. The van der Waals surface area contributed by atoms with Gasteiger partial charge in [0, 0.05) is 44.9 Å². The number of hydrogen-bond donors (Lipinski definition) is 1. The van der Waals surface area contributed by atoms with E-state index in [2.05, 4.69) is 21.4 Å². The monoisotopic (exact) mass is 421 g/mol. The van der Waals surface area contributed by atoms with Crippen LogP contribution in [0.1, 0.15) is 47.2 Å². The van der Waals surface area contributed by atoms with Crippen LogP contribution in [0.15, 0.2) is 24.4 Å². The largest absolute Gasteiger partial charge is 0.361 e. The lowest BCUT2D eigenvalue weighted by molar-refractivity contribution is -0.384. The van der Waals surface area contributed by atoms with E-state index in [-0.39, 0.29) is 23.7 Å². The summed E-state index contributed by atoms with van der Waals surface area (Å²) in [5.74, 6) is 0.869. The number of anilines is 2. The summed E-state index contributed by atoms with van der Waals surface area (Å²) >= 11 is 0. The Morgan fingerprint density at radius 1 is 1.35 bits per heavy atom. The number of rotatable bonds is 5. The maximum absolute atomic E-state index is 12.9. The van der Waals surface area contributed by atoms with Gasteiger partial charge in [0.05, 0.1) is 16.7 Å². The minimum Gasteiger partial charge on any atom is -0.361 e. The number of aromatic nitrogens is 2. The van der Waals surface area contributed by atoms with Crippen molar-refractivity contribution in [3.8, 4) is 6.07 Å². The van der Waals surface area contributed by atoms with Gasteiger partial charge in [0.1, 0.15) is 11.6 Å². The van der Waals surface area contributed by atoms with Crippen LogP contribution in [-0.2, 0) is 6.54 Å². The van der Waals surface area contributed by atoms with Crippen LogP contribution in [0.25, 0.3) is 0 Å². The lowest BCUT2D eigenvalue weighted by Crippen LogP contribution is -2.42. The van der Waals surface area contributed by atoms with Crippen molar-refractivity contribution in [3.63, 3.8) is 0 Å². The summed E-state index contributed by atoms with van der Waals surface area (Å²) in [6.07, 6.45) is 5.01. The van der Waals surface area contributed by atoms with Crippen LogP contribution < -0.4 is 10.2 Å². The molecule has 1 aromatic carbocycles. The number of fused-ring (bicyclic) bond motifs is 1. The molecule has 1 aliphatic carbocycles. The lowest BCUT2D eigenvalue weighted by Gasteiger charge is -2.35. The van der Waals surface area contributed by atoms with Gasteiger partial charge in [-0.25, -0.2) is 4.98 Å². The highest BCUT2D eigenvalue weighted by Gasteiger charge is 2.36. The fraction of sp³-hybridized carbons (Fsp3) is 0.429. The number of nitro benzene ring substituents is 1. The van der Waals surface area contributed by atoms with Crippen molar-refractivity contribution in [2.45, 2.75) is 44.3 Å². The summed E-state index contributed by atoms with van der Waals surface area (Å²) < 4.78 is 0. The molecule has 2 aliphatic rings. The zero-order valence-corrected chi connectivity index (χ0v) is 17.4. The number of nitro groups is 1. The van der Waals surface area contributed by atoms with Crippen molar-refractivity contribution in [1.82, 2.24) is 14.9 Å². The molecule has 0 unspecified atom stereocenters. The molecule has 0 bridgehead atoms. The Morgan fingerprint density at radius 2 is 2.16 bits per heavy atom. The highest BCUT2D eigenvalue weighted by atomic mass is 16.6. The Hall–Kier alpha value is -3.74. The van der Waals surface area contributed by atoms with Gasteiger partial charge in [-0.2, -0.15) is 10.2 Å². The first kappa shape index (κ1) is 20.5. The Morgan fingerprint density at radius 3 is 2.87 bits per heavy atom. The van der Waals surface area contributed by atoms with Crippen molar-refractivity contribution in [2.24, 2.45) is 0 Å². The van der Waals surface area contributed by atoms with E-state index in [1.54, 1.807) is 11.0 Å². The van der Waals surface area contributed by atoms with Gasteiger partial charge in [-0.05, 0) is 37.3 Å². The van der Waals surface area contributed by atoms with Gasteiger partial charge in [0.2, 0.25) is 5.95 Å². The van der Waals surface area contributed by atoms with Crippen LogP contribution in [0.2, 0.25) is 0 Å².